The molecule has 0 aliphatic rings. The van der Waals surface area contributed by atoms with E-state index in [0.717, 1.165) is 22.6 Å². The van der Waals surface area contributed by atoms with Crippen LogP contribution < -0.4 is 14.9 Å². The number of ether oxygens (including phenoxy) is 2. The summed E-state index contributed by atoms with van der Waals surface area (Å²) in [4.78, 5) is 0. The molecule has 0 unspecified atom stereocenters. The van der Waals surface area contributed by atoms with Crippen molar-refractivity contribution in [2.24, 2.45) is 5.10 Å². The Hall–Kier alpha value is -3.79. The Balaban J connectivity index is 1.49. The fourth-order valence-electron chi connectivity index (χ4n) is 3.26. The number of hydrogen-bond acceptors (Lipinski definition) is 4. The minimum absolute atomic E-state index is 0.477. The molecule has 0 aliphatic carbocycles. The molecular formula is C26H24N2O2. The molecule has 0 radical (unpaired) electrons. The van der Waals surface area contributed by atoms with Crippen LogP contribution in [0.2, 0.25) is 0 Å². The van der Waals surface area contributed by atoms with Crippen LogP contribution in [0.15, 0.2) is 96.1 Å². The monoisotopic (exact) mass is 396 g/mol. The summed E-state index contributed by atoms with van der Waals surface area (Å²) in [5.74, 6) is 1.43. The van der Waals surface area contributed by atoms with Crippen molar-refractivity contribution in [1.82, 2.24) is 0 Å². The van der Waals surface area contributed by atoms with Gasteiger partial charge in [0.25, 0.3) is 0 Å². The number of rotatable bonds is 8. The van der Waals surface area contributed by atoms with Gasteiger partial charge in [-0.3, -0.25) is 5.43 Å². The molecule has 30 heavy (non-hydrogen) atoms. The fraction of sp³-hybridized carbons (Fsp3) is 0.115. The van der Waals surface area contributed by atoms with Crippen LogP contribution in [-0.4, -0.2) is 12.8 Å². The molecule has 0 amide bonds. The van der Waals surface area contributed by atoms with Gasteiger partial charge in [-0.2, -0.15) is 5.10 Å². The number of hydrogen-bond donors (Lipinski definition) is 1. The van der Waals surface area contributed by atoms with Crippen LogP contribution >= 0.6 is 0 Å². The Kier molecular flexibility index (Phi) is 6.25. The topological polar surface area (TPSA) is 42.8 Å². The maximum Gasteiger partial charge on any atom is 0.161 e. The average Bonchev–Trinajstić information content (AvgIpc) is 2.79. The summed E-state index contributed by atoms with van der Waals surface area (Å²) in [6, 6.07) is 30.3. The van der Waals surface area contributed by atoms with Crippen LogP contribution in [0.5, 0.6) is 11.5 Å². The summed E-state index contributed by atoms with van der Waals surface area (Å²) in [5, 5.41) is 6.71. The van der Waals surface area contributed by atoms with Crippen molar-refractivity contribution in [1.29, 1.82) is 0 Å². The van der Waals surface area contributed by atoms with Crippen LogP contribution in [0.3, 0.4) is 0 Å². The second-order valence-electron chi connectivity index (χ2n) is 6.80. The maximum absolute atomic E-state index is 6.13. The zero-order valence-electron chi connectivity index (χ0n) is 16.9. The van der Waals surface area contributed by atoms with E-state index < -0.39 is 0 Å². The predicted molar refractivity (Wildman–Crippen MR) is 124 cm³/mol. The number of nitrogens with zero attached hydrogens (tertiary/aromatic N) is 1. The molecule has 4 rings (SSSR count). The molecule has 0 aliphatic heterocycles. The van der Waals surface area contributed by atoms with E-state index in [-0.39, 0.29) is 0 Å². The van der Waals surface area contributed by atoms with Crippen LogP contribution in [0, 0.1) is 0 Å². The molecular weight excluding hydrogens is 372 g/mol. The van der Waals surface area contributed by atoms with Gasteiger partial charge in [-0.15, -0.1) is 0 Å². The number of anilines is 1. The van der Waals surface area contributed by atoms with E-state index in [1.165, 1.54) is 10.8 Å². The van der Waals surface area contributed by atoms with Crippen LogP contribution in [-0.2, 0) is 6.61 Å². The molecule has 1 N–H and O–H groups in total. The Bertz CT molecular complexity index is 1130. The van der Waals surface area contributed by atoms with Gasteiger partial charge < -0.3 is 9.47 Å². The smallest absolute Gasteiger partial charge is 0.161 e. The quantitative estimate of drug-likeness (QED) is 0.282. The van der Waals surface area contributed by atoms with Crippen molar-refractivity contribution in [3.63, 3.8) is 0 Å². The third kappa shape index (κ3) is 4.78. The first-order chi connectivity index (χ1) is 14.8. The third-order valence-electron chi connectivity index (χ3n) is 4.71. The van der Waals surface area contributed by atoms with E-state index in [4.69, 9.17) is 9.47 Å². The number of fused-ring (bicyclic) bond motifs is 1. The van der Waals surface area contributed by atoms with Gasteiger partial charge in [-0.05, 0) is 59.2 Å². The molecule has 0 atom stereocenters. The summed E-state index contributed by atoms with van der Waals surface area (Å²) < 4.78 is 11.9. The lowest BCUT2D eigenvalue weighted by Gasteiger charge is -2.13. The molecule has 4 nitrogen and oxygen atoms in total. The van der Waals surface area contributed by atoms with Gasteiger partial charge >= 0.3 is 0 Å². The number of para-hydroxylation sites is 1. The van der Waals surface area contributed by atoms with Gasteiger partial charge in [0.05, 0.1) is 18.5 Å². The maximum atomic E-state index is 6.13. The average molecular weight is 396 g/mol. The van der Waals surface area contributed by atoms with E-state index in [1.807, 2.05) is 61.5 Å². The van der Waals surface area contributed by atoms with Crippen molar-refractivity contribution >= 4 is 22.7 Å². The summed E-state index contributed by atoms with van der Waals surface area (Å²) in [6.45, 7) is 3.00. The summed E-state index contributed by atoms with van der Waals surface area (Å²) in [6.07, 6.45) is 1.77. The van der Waals surface area contributed by atoms with Gasteiger partial charge in [0, 0.05) is 0 Å². The first-order valence-corrected chi connectivity index (χ1v) is 10.0. The Labute approximate surface area is 176 Å². The standard InChI is InChI=1S/C26H24N2O2/c1-2-29-26-17-20(18-27-28-23-12-4-3-5-13-23)15-16-25(26)30-19-22-11-8-10-21-9-6-7-14-24(21)22/h3-18,28H,2,19H2,1H3/b27-18-. The molecule has 0 saturated carbocycles. The van der Waals surface area contributed by atoms with Gasteiger partial charge in [0.2, 0.25) is 0 Å². The lowest BCUT2D eigenvalue weighted by atomic mass is 10.1. The molecule has 4 aromatic rings. The second kappa shape index (κ2) is 9.61. The highest BCUT2D eigenvalue weighted by molar-refractivity contribution is 5.85. The second-order valence-corrected chi connectivity index (χ2v) is 6.80. The summed E-state index contributed by atoms with van der Waals surface area (Å²) in [7, 11) is 0. The number of nitrogens with one attached hydrogen (secondary N) is 1. The molecule has 0 bridgehead atoms. The van der Waals surface area contributed by atoms with Crippen molar-refractivity contribution < 1.29 is 9.47 Å². The molecule has 4 heteroatoms. The van der Waals surface area contributed by atoms with Crippen LogP contribution in [0.1, 0.15) is 18.1 Å². The lowest BCUT2D eigenvalue weighted by Crippen LogP contribution is -2.01. The molecule has 0 spiro atoms. The molecule has 0 saturated heterocycles. The first kappa shape index (κ1) is 19.5. The van der Waals surface area contributed by atoms with Crippen molar-refractivity contribution in [3.05, 3.63) is 102 Å². The number of benzene rings is 4. The zero-order valence-corrected chi connectivity index (χ0v) is 16.9. The molecule has 0 fully saturated rings. The van der Waals surface area contributed by atoms with Crippen LogP contribution in [0.25, 0.3) is 10.8 Å². The Morgan fingerprint density at radius 1 is 0.800 bits per heavy atom. The Morgan fingerprint density at radius 3 is 2.47 bits per heavy atom. The van der Waals surface area contributed by atoms with Gasteiger partial charge in [0.15, 0.2) is 11.5 Å². The SMILES string of the molecule is CCOc1cc(/C=N\Nc2ccccc2)ccc1OCc1cccc2ccccc12. The summed E-state index contributed by atoms with van der Waals surface area (Å²) >= 11 is 0. The summed E-state index contributed by atoms with van der Waals surface area (Å²) in [5.41, 5.74) is 6.04. The minimum atomic E-state index is 0.477. The highest BCUT2D eigenvalue weighted by Crippen LogP contribution is 2.30. The van der Waals surface area contributed by atoms with E-state index in [2.05, 4.69) is 46.9 Å². The highest BCUT2D eigenvalue weighted by atomic mass is 16.5. The van der Waals surface area contributed by atoms with Gasteiger partial charge in [0.1, 0.15) is 6.61 Å². The van der Waals surface area contributed by atoms with E-state index >= 15 is 0 Å². The minimum Gasteiger partial charge on any atom is -0.490 e. The zero-order chi connectivity index (χ0) is 20.6. The lowest BCUT2D eigenvalue weighted by molar-refractivity contribution is 0.270. The fourth-order valence-corrected chi connectivity index (χ4v) is 3.26. The number of hydrazone groups is 1. The molecule has 150 valence electrons. The Morgan fingerprint density at radius 2 is 1.60 bits per heavy atom. The first-order valence-electron chi connectivity index (χ1n) is 10.0. The van der Waals surface area contributed by atoms with E-state index in [0.29, 0.717) is 19.0 Å². The van der Waals surface area contributed by atoms with Crippen molar-refractivity contribution in [3.8, 4) is 11.5 Å². The molecule has 0 aromatic heterocycles. The van der Waals surface area contributed by atoms with Gasteiger partial charge in [-0.25, -0.2) is 0 Å². The molecule has 0 heterocycles. The largest absolute Gasteiger partial charge is 0.490 e. The normalized spacial score (nSPS) is 11.0. The third-order valence-corrected chi connectivity index (χ3v) is 4.71. The van der Waals surface area contributed by atoms with Gasteiger partial charge in [-0.1, -0.05) is 60.7 Å². The van der Waals surface area contributed by atoms with E-state index in [9.17, 15) is 0 Å². The van der Waals surface area contributed by atoms with Crippen molar-refractivity contribution in [2.45, 2.75) is 13.5 Å². The van der Waals surface area contributed by atoms with E-state index in [1.54, 1.807) is 6.21 Å². The molecule has 4 aromatic carbocycles. The highest BCUT2D eigenvalue weighted by Gasteiger charge is 2.08. The van der Waals surface area contributed by atoms with Crippen LogP contribution in [0.4, 0.5) is 5.69 Å². The van der Waals surface area contributed by atoms with Crippen molar-refractivity contribution in [2.75, 3.05) is 12.0 Å². The predicted octanol–water partition coefficient (Wildman–Crippen LogP) is 6.26.